The summed E-state index contributed by atoms with van der Waals surface area (Å²) < 4.78 is 13.9. The molecule has 12 heavy (non-hydrogen) atoms. The van der Waals surface area contributed by atoms with Crippen LogP contribution in [0.25, 0.3) is 0 Å². The van der Waals surface area contributed by atoms with Crippen LogP contribution in [0, 0.1) is 5.82 Å². The van der Waals surface area contributed by atoms with Gasteiger partial charge in [0.05, 0.1) is 0 Å². The third-order valence-electron chi connectivity index (χ3n) is 1.59. The molecule has 0 saturated carbocycles. The highest BCUT2D eigenvalue weighted by Crippen LogP contribution is 2.20. The Morgan fingerprint density at radius 3 is 2.75 bits per heavy atom. The maximum atomic E-state index is 13.1. The van der Waals surface area contributed by atoms with Gasteiger partial charge in [-0.2, -0.15) is 0 Å². The lowest BCUT2D eigenvalue weighted by atomic mass is 10.1. The summed E-state index contributed by atoms with van der Waals surface area (Å²) >= 11 is 3.28. The first-order chi connectivity index (χ1) is 5.61. The molecule has 0 radical (unpaired) electrons. The van der Waals surface area contributed by atoms with E-state index in [9.17, 15) is 4.39 Å². The quantitative estimate of drug-likeness (QED) is 0.832. The number of benzene rings is 1. The summed E-state index contributed by atoms with van der Waals surface area (Å²) in [4.78, 5) is 0. The van der Waals surface area contributed by atoms with Crippen LogP contribution in [0.2, 0.25) is 0 Å². The molecule has 1 aromatic rings. The predicted octanol–water partition coefficient (Wildman–Crippen LogP) is 2.48. The molecule has 1 unspecified atom stereocenters. The molecule has 0 aromatic heterocycles. The summed E-state index contributed by atoms with van der Waals surface area (Å²) in [6.45, 7) is 1.86. The minimum absolute atomic E-state index is 0.0156. The van der Waals surface area contributed by atoms with E-state index < -0.39 is 0 Å². The molecule has 0 aliphatic carbocycles. The topological polar surface area (TPSA) is 26.0 Å². The van der Waals surface area contributed by atoms with Crippen molar-refractivity contribution in [3.63, 3.8) is 0 Å². The highest BCUT2D eigenvalue weighted by Gasteiger charge is 2.07. The Morgan fingerprint density at radius 1 is 1.58 bits per heavy atom. The Bertz CT molecular complexity index is 253. The van der Waals surface area contributed by atoms with Crippen molar-refractivity contribution in [2.24, 2.45) is 5.73 Å². The van der Waals surface area contributed by atoms with Crippen LogP contribution in [0.15, 0.2) is 22.7 Å². The summed E-state index contributed by atoms with van der Waals surface area (Å²) in [5.74, 6) is -0.193. The molecule has 0 heterocycles. The van der Waals surface area contributed by atoms with Crippen molar-refractivity contribution >= 4 is 15.9 Å². The number of rotatable bonds is 2. The van der Waals surface area contributed by atoms with E-state index in [1.165, 1.54) is 6.07 Å². The number of nitrogens with two attached hydrogens (primary N) is 1. The Balaban J connectivity index is 2.96. The van der Waals surface area contributed by atoms with Gasteiger partial charge in [-0.05, 0) is 25.5 Å². The molecule has 0 bridgehead atoms. The summed E-state index contributed by atoms with van der Waals surface area (Å²) in [7, 11) is 0. The first kappa shape index (κ1) is 9.68. The Labute approximate surface area is 79.9 Å². The number of hydrogen-bond donors (Lipinski definition) is 1. The standard InChI is InChI=1S/C9H11BrFN/c1-6(12)5-7-8(10)3-2-4-9(7)11/h2-4,6H,5,12H2,1H3. The second-order valence-electron chi connectivity index (χ2n) is 2.88. The highest BCUT2D eigenvalue weighted by atomic mass is 79.9. The zero-order chi connectivity index (χ0) is 9.14. The van der Waals surface area contributed by atoms with Gasteiger partial charge in [0, 0.05) is 16.1 Å². The molecule has 1 atom stereocenters. The van der Waals surface area contributed by atoms with Crippen molar-refractivity contribution in [3.8, 4) is 0 Å². The lowest BCUT2D eigenvalue weighted by Gasteiger charge is -2.07. The minimum atomic E-state index is -0.193. The van der Waals surface area contributed by atoms with E-state index in [0.29, 0.717) is 12.0 Å². The fourth-order valence-electron chi connectivity index (χ4n) is 1.05. The van der Waals surface area contributed by atoms with E-state index in [0.717, 1.165) is 4.47 Å². The van der Waals surface area contributed by atoms with Crippen molar-refractivity contribution in [2.75, 3.05) is 0 Å². The fraction of sp³-hybridized carbons (Fsp3) is 0.333. The van der Waals surface area contributed by atoms with Crippen LogP contribution in [0.4, 0.5) is 4.39 Å². The Morgan fingerprint density at radius 2 is 2.25 bits per heavy atom. The van der Waals surface area contributed by atoms with Gasteiger partial charge in [-0.3, -0.25) is 0 Å². The van der Waals surface area contributed by atoms with Gasteiger partial charge in [0.25, 0.3) is 0 Å². The summed E-state index contributed by atoms with van der Waals surface area (Å²) in [5.41, 5.74) is 6.23. The van der Waals surface area contributed by atoms with E-state index in [1.54, 1.807) is 6.07 Å². The van der Waals surface area contributed by atoms with Crippen LogP contribution in [-0.2, 0) is 6.42 Å². The summed E-state index contributed by atoms with van der Waals surface area (Å²) in [6.07, 6.45) is 0.563. The maximum absolute atomic E-state index is 13.1. The molecular formula is C9H11BrFN. The van der Waals surface area contributed by atoms with Crippen molar-refractivity contribution in [3.05, 3.63) is 34.1 Å². The molecule has 1 aromatic carbocycles. The summed E-state index contributed by atoms with van der Waals surface area (Å²) in [5, 5.41) is 0. The second kappa shape index (κ2) is 4.01. The highest BCUT2D eigenvalue weighted by molar-refractivity contribution is 9.10. The SMILES string of the molecule is CC(N)Cc1c(F)cccc1Br. The molecule has 1 rings (SSSR count). The van der Waals surface area contributed by atoms with Gasteiger partial charge in [-0.1, -0.05) is 22.0 Å². The Kier molecular flexibility index (Phi) is 3.23. The minimum Gasteiger partial charge on any atom is -0.328 e. The molecule has 2 N–H and O–H groups in total. The number of halogens is 2. The Hall–Kier alpha value is -0.410. The maximum Gasteiger partial charge on any atom is 0.127 e. The van der Waals surface area contributed by atoms with E-state index in [2.05, 4.69) is 15.9 Å². The van der Waals surface area contributed by atoms with E-state index in [1.807, 2.05) is 13.0 Å². The van der Waals surface area contributed by atoms with Crippen LogP contribution in [0.1, 0.15) is 12.5 Å². The van der Waals surface area contributed by atoms with Gasteiger partial charge in [0.1, 0.15) is 5.82 Å². The van der Waals surface area contributed by atoms with Crippen LogP contribution >= 0.6 is 15.9 Å². The zero-order valence-electron chi connectivity index (χ0n) is 6.85. The van der Waals surface area contributed by atoms with Gasteiger partial charge < -0.3 is 5.73 Å². The molecule has 0 aliphatic rings. The zero-order valence-corrected chi connectivity index (χ0v) is 8.44. The fourth-order valence-corrected chi connectivity index (χ4v) is 1.55. The first-order valence-corrected chi connectivity index (χ1v) is 4.59. The average Bonchev–Trinajstić information content (AvgIpc) is 1.97. The van der Waals surface area contributed by atoms with Gasteiger partial charge in [0.15, 0.2) is 0 Å². The van der Waals surface area contributed by atoms with Crippen LogP contribution in [0.3, 0.4) is 0 Å². The summed E-state index contributed by atoms with van der Waals surface area (Å²) in [6, 6.07) is 4.92. The van der Waals surface area contributed by atoms with Gasteiger partial charge in [-0.15, -0.1) is 0 Å². The average molecular weight is 232 g/mol. The van der Waals surface area contributed by atoms with Crippen molar-refractivity contribution < 1.29 is 4.39 Å². The van der Waals surface area contributed by atoms with Crippen LogP contribution in [0.5, 0.6) is 0 Å². The van der Waals surface area contributed by atoms with E-state index in [4.69, 9.17) is 5.73 Å². The molecule has 0 aliphatic heterocycles. The van der Waals surface area contributed by atoms with Gasteiger partial charge in [0.2, 0.25) is 0 Å². The van der Waals surface area contributed by atoms with Crippen molar-refractivity contribution in [2.45, 2.75) is 19.4 Å². The van der Waals surface area contributed by atoms with E-state index in [-0.39, 0.29) is 11.9 Å². The van der Waals surface area contributed by atoms with Crippen LogP contribution in [-0.4, -0.2) is 6.04 Å². The molecule has 3 heteroatoms. The van der Waals surface area contributed by atoms with Gasteiger partial charge in [-0.25, -0.2) is 4.39 Å². The lowest BCUT2D eigenvalue weighted by molar-refractivity contribution is 0.594. The third kappa shape index (κ3) is 2.29. The molecule has 0 spiro atoms. The molecule has 0 fully saturated rings. The van der Waals surface area contributed by atoms with Crippen LogP contribution < -0.4 is 5.73 Å². The smallest absolute Gasteiger partial charge is 0.127 e. The van der Waals surface area contributed by atoms with E-state index >= 15 is 0 Å². The molecule has 1 nitrogen and oxygen atoms in total. The normalized spacial score (nSPS) is 13.0. The second-order valence-corrected chi connectivity index (χ2v) is 3.74. The van der Waals surface area contributed by atoms with Crippen molar-refractivity contribution in [1.82, 2.24) is 0 Å². The molecule has 0 saturated heterocycles. The largest absolute Gasteiger partial charge is 0.328 e. The molecule has 0 amide bonds. The third-order valence-corrected chi connectivity index (χ3v) is 2.33. The monoisotopic (exact) mass is 231 g/mol. The van der Waals surface area contributed by atoms with Gasteiger partial charge >= 0.3 is 0 Å². The predicted molar refractivity (Wildman–Crippen MR) is 51.5 cm³/mol. The molecule has 66 valence electrons. The molecular weight excluding hydrogens is 221 g/mol. The number of hydrogen-bond acceptors (Lipinski definition) is 1. The first-order valence-electron chi connectivity index (χ1n) is 3.79. The van der Waals surface area contributed by atoms with Crippen molar-refractivity contribution in [1.29, 1.82) is 0 Å². The lowest BCUT2D eigenvalue weighted by Crippen LogP contribution is -2.18.